The van der Waals surface area contributed by atoms with Crippen LogP contribution in [0.4, 0.5) is 18.0 Å². The number of hydrogen-bond donors (Lipinski definition) is 0. The van der Waals surface area contributed by atoms with Gasteiger partial charge in [-0.2, -0.15) is 23.5 Å². The second kappa shape index (κ2) is 2.37. The topological polar surface area (TPSA) is 43.5 Å². The van der Waals surface area contributed by atoms with Gasteiger partial charge in [-0.1, -0.05) is 0 Å². The van der Waals surface area contributed by atoms with Crippen LogP contribution >= 0.6 is 0 Å². The summed E-state index contributed by atoms with van der Waals surface area (Å²) in [5, 5.41) is 2.73. The first-order valence-electron chi connectivity index (χ1n) is 2.49. The summed E-state index contributed by atoms with van der Waals surface area (Å²) in [5.74, 6) is 0. The average molecular weight is 162 g/mol. The maximum Gasteiger partial charge on any atom is 0.420 e. The maximum absolute atomic E-state index is 11.7. The lowest BCUT2D eigenvalue weighted by molar-refractivity contribution is -0.0864. The van der Waals surface area contributed by atoms with E-state index in [4.69, 9.17) is 0 Å². The molecule has 6 heteroatoms. The van der Waals surface area contributed by atoms with Crippen molar-refractivity contribution in [1.82, 2.24) is 5.32 Å². The van der Waals surface area contributed by atoms with Gasteiger partial charge in [-0.15, -0.1) is 0 Å². The summed E-state index contributed by atoms with van der Waals surface area (Å²) in [6.07, 6.45) is -2.61. The Balaban J connectivity index is 2.79. The molecular formula is C5HF3N2O. The molecule has 0 fully saturated rings. The first kappa shape index (κ1) is 7.77. The Kier molecular flexibility index (Phi) is 1.67. The molecule has 0 bridgehead atoms. The van der Waals surface area contributed by atoms with Gasteiger partial charge < -0.3 is 0 Å². The third-order valence-electron chi connectivity index (χ3n) is 0.881. The molecule has 0 aromatic heterocycles. The number of halogens is 3. The second-order valence-corrected chi connectivity index (χ2v) is 1.68. The highest BCUT2D eigenvalue weighted by molar-refractivity contribution is 5.94. The zero-order chi connectivity index (χ0) is 8.48. The van der Waals surface area contributed by atoms with E-state index in [9.17, 15) is 18.0 Å². The molecule has 1 aliphatic heterocycles. The van der Waals surface area contributed by atoms with Crippen molar-refractivity contribution in [2.24, 2.45) is 4.99 Å². The molecular weight excluding hydrogens is 161 g/mol. The molecule has 0 saturated heterocycles. The van der Waals surface area contributed by atoms with Crippen LogP contribution in [0.5, 0.6) is 0 Å². The van der Waals surface area contributed by atoms with Crippen molar-refractivity contribution in [1.29, 1.82) is 0 Å². The molecule has 1 heterocycles. The fraction of sp³-hybridized carbons (Fsp3) is 0.200. The fourth-order valence-corrected chi connectivity index (χ4v) is 0.422. The van der Waals surface area contributed by atoms with Gasteiger partial charge in [0.2, 0.25) is 0 Å². The van der Waals surface area contributed by atoms with E-state index in [-0.39, 0.29) is 0 Å². The van der Waals surface area contributed by atoms with E-state index in [1.807, 2.05) is 0 Å². The predicted molar refractivity (Wildman–Crippen MR) is 28.8 cm³/mol. The van der Waals surface area contributed by atoms with E-state index in [1.165, 1.54) is 6.20 Å². The Morgan fingerprint density at radius 1 is 1.45 bits per heavy atom. The number of allylic oxidation sites excluding steroid dienone is 1. The Morgan fingerprint density at radius 3 is 2.45 bits per heavy atom. The first-order valence-corrected chi connectivity index (χ1v) is 2.49. The van der Waals surface area contributed by atoms with Gasteiger partial charge in [0, 0.05) is 6.21 Å². The van der Waals surface area contributed by atoms with E-state index in [2.05, 4.69) is 10.3 Å². The lowest BCUT2D eigenvalue weighted by atomic mass is 10.3. The lowest BCUT2D eigenvalue weighted by Gasteiger charge is -2.07. The summed E-state index contributed by atoms with van der Waals surface area (Å²) < 4.78 is 35.1. The number of nitrogens with zero attached hydrogens (tertiary/aromatic N) is 2. The number of rotatable bonds is 0. The highest BCUT2D eigenvalue weighted by Crippen LogP contribution is 2.24. The maximum atomic E-state index is 11.7. The van der Waals surface area contributed by atoms with E-state index in [0.717, 1.165) is 0 Å². The van der Waals surface area contributed by atoms with E-state index in [1.54, 1.807) is 0 Å². The van der Waals surface area contributed by atoms with E-state index < -0.39 is 17.8 Å². The highest BCUT2D eigenvalue weighted by atomic mass is 19.4. The molecule has 1 rings (SSSR count). The summed E-state index contributed by atoms with van der Waals surface area (Å²) in [7, 11) is 0. The molecule has 2 radical (unpaired) electrons. The number of hydrogen-bond acceptors (Lipinski definition) is 1. The van der Waals surface area contributed by atoms with E-state index >= 15 is 0 Å². The Bertz CT molecular complexity index is 241. The van der Waals surface area contributed by atoms with Crippen LogP contribution in [0, 0.1) is 6.20 Å². The quantitative estimate of drug-likeness (QED) is 0.524. The van der Waals surface area contributed by atoms with Gasteiger partial charge in [-0.25, -0.2) is 4.79 Å². The molecule has 2 amide bonds. The van der Waals surface area contributed by atoms with Crippen molar-refractivity contribution in [3.8, 4) is 0 Å². The fourth-order valence-electron chi connectivity index (χ4n) is 0.422. The largest absolute Gasteiger partial charge is 0.420 e. The monoisotopic (exact) mass is 162 g/mol. The van der Waals surface area contributed by atoms with Crippen LogP contribution in [-0.4, -0.2) is 18.4 Å². The van der Waals surface area contributed by atoms with Gasteiger partial charge in [-0.05, 0) is 0 Å². The van der Waals surface area contributed by atoms with Crippen LogP contribution in [0.1, 0.15) is 0 Å². The zero-order valence-electron chi connectivity index (χ0n) is 5.01. The van der Waals surface area contributed by atoms with Crippen molar-refractivity contribution in [2.75, 3.05) is 0 Å². The average Bonchev–Trinajstić information content (AvgIpc) is 1.86. The van der Waals surface area contributed by atoms with Crippen molar-refractivity contribution in [3.05, 3.63) is 11.8 Å². The summed E-state index contributed by atoms with van der Waals surface area (Å²) in [6.45, 7) is 0. The normalized spacial score (nSPS) is 17.7. The smallest absolute Gasteiger partial charge is 0.244 e. The van der Waals surface area contributed by atoms with Crippen LogP contribution in [0.15, 0.2) is 10.6 Å². The zero-order valence-corrected chi connectivity index (χ0v) is 5.01. The Hall–Kier alpha value is -1.33. The van der Waals surface area contributed by atoms with Crippen LogP contribution in [0.3, 0.4) is 0 Å². The number of carbonyl (C=O) groups is 1. The summed E-state index contributed by atoms with van der Waals surface area (Å²) in [4.78, 5) is 13.0. The number of amides is 2. The molecule has 0 aromatic carbocycles. The second-order valence-electron chi connectivity index (χ2n) is 1.68. The lowest BCUT2D eigenvalue weighted by Crippen LogP contribution is -2.21. The molecule has 0 saturated carbocycles. The summed E-state index contributed by atoms with van der Waals surface area (Å²) in [5.41, 5.74) is -1.14. The van der Waals surface area contributed by atoms with Crippen molar-refractivity contribution >= 4 is 12.2 Å². The molecule has 0 N–H and O–H groups in total. The molecule has 3 nitrogen and oxygen atoms in total. The molecule has 1 aliphatic rings. The van der Waals surface area contributed by atoms with Crippen molar-refractivity contribution in [3.63, 3.8) is 0 Å². The van der Waals surface area contributed by atoms with Gasteiger partial charge in [0.1, 0.15) is 11.8 Å². The third kappa shape index (κ3) is 1.79. The van der Waals surface area contributed by atoms with Crippen LogP contribution in [0.25, 0.3) is 0 Å². The molecule has 11 heavy (non-hydrogen) atoms. The summed E-state index contributed by atoms with van der Waals surface area (Å²) >= 11 is 0. The van der Waals surface area contributed by atoms with Gasteiger partial charge in [-0.3, -0.25) is 0 Å². The third-order valence-corrected chi connectivity index (χ3v) is 0.881. The Labute approximate surface area is 59.6 Å². The summed E-state index contributed by atoms with van der Waals surface area (Å²) in [6, 6.07) is -0.974. The van der Waals surface area contributed by atoms with Gasteiger partial charge in [0.15, 0.2) is 0 Å². The molecule has 58 valence electrons. The van der Waals surface area contributed by atoms with Crippen molar-refractivity contribution in [2.45, 2.75) is 6.18 Å². The minimum Gasteiger partial charge on any atom is -0.244 e. The number of urea groups is 1. The first-order chi connectivity index (χ1) is 5.00. The molecule has 0 aromatic rings. The predicted octanol–water partition coefficient (Wildman–Crippen LogP) is 1.04. The van der Waals surface area contributed by atoms with Crippen LogP contribution < -0.4 is 5.32 Å². The van der Waals surface area contributed by atoms with Crippen LogP contribution in [-0.2, 0) is 0 Å². The van der Waals surface area contributed by atoms with Crippen LogP contribution in [0.2, 0.25) is 0 Å². The molecule has 0 aliphatic carbocycles. The molecule has 0 atom stereocenters. The van der Waals surface area contributed by atoms with Gasteiger partial charge in [0.25, 0.3) is 0 Å². The van der Waals surface area contributed by atoms with Gasteiger partial charge in [0.05, 0.1) is 0 Å². The SMILES string of the molecule is O=C1[N][C]=C(C(F)(F)F)C=N1. The number of carbonyl (C=O) groups excluding carboxylic acids is 1. The minimum absolute atomic E-state index is 0.398. The number of alkyl halides is 3. The minimum atomic E-state index is -4.53. The van der Waals surface area contributed by atoms with Gasteiger partial charge >= 0.3 is 12.2 Å². The Morgan fingerprint density at radius 2 is 2.09 bits per heavy atom. The van der Waals surface area contributed by atoms with Crippen molar-refractivity contribution < 1.29 is 18.0 Å². The highest BCUT2D eigenvalue weighted by Gasteiger charge is 2.34. The molecule has 0 spiro atoms. The molecule has 0 unspecified atom stereocenters. The van der Waals surface area contributed by atoms with E-state index in [0.29, 0.717) is 6.21 Å². The standard InChI is InChI=1S/C5HF3N2O/c6-5(7,8)3-1-9-4(11)10-2-3/h1H. The number of aliphatic imine (C=N–C) groups is 1.